The molecule has 3 N–H and O–H groups in total. The molecule has 0 aliphatic rings. The molecule has 148 valence electrons. The van der Waals surface area contributed by atoms with Gasteiger partial charge in [-0.25, -0.2) is 4.79 Å². The van der Waals surface area contributed by atoms with E-state index < -0.39 is 12.0 Å². The van der Waals surface area contributed by atoms with Gasteiger partial charge >= 0.3 is 5.97 Å². The molecule has 6 nitrogen and oxygen atoms in total. The van der Waals surface area contributed by atoms with Crippen molar-refractivity contribution in [3.63, 3.8) is 0 Å². The molecule has 0 bridgehead atoms. The van der Waals surface area contributed by atoms with E-state index in [-0.39, 0.29) is 23.3 Å². The van der Waals surface area contributed by atoms with Gasteiger partial charge in [-0.05, 0) is 35.6 Å². The predicted molar refractivity (Wildman–Crippen MR) is 107 cm³/mol. The Kier molecular flexibility index (Phi) is 7.75. The van der Waals surface area contributed by atoms with Crippen molar-refractivity contribution in [1.29, 1.82) is 0 Å². The molecule has 0 saturated heterocycles. The third-order valence-corrected chi connectivity index (χ3v) is 4.18. The van der Waals surface area contributed by atoms with Crippen molar-refractivity contribution in [3.8, 4) is 0 Å². The highest BCUT2D eigenvalue weighted by molar-refractivity contribution is 5.89. The van der Waals surface area contributed by atoms with Crippen molar-refractivity contribution < 1.29 is 19.5 Å². The van der Waals surface area contributed by atoms with E-state index in [1.807, 2.05) is 38.1 Å². The molecule has 1 atom stereocenters. The molecule has 0 aliphatic carbocycles. The first-order chi connectivity index (χ1) is 13.4. The number of rotatable bonds is 9. The minimum absolute atomic E-state index is 0.173. The average Bonchev–Trinajstić information content (AvgIpc) is 2.66. The zero-order valence-electron chi connectivity index (χ0n) is 16.1. The molecule has 0 radical (unpaired) electrons. The SMILES string of the molecule is CC(C)CC(=O)NC(C(=O)NCCc1cccc(C(=O)O)c1)c1ccccc1. The van der Waals surface area contributed by atoms with Gasteiger partial charge in [-0.2, -0.15) is 0 Å². The van der Waals surface area contributed by atoms with E-state index in [2.05, 4.69) is 10.6 Å². The Balaban J connectivity index is 2.01. The standard InChI is InChI=1S/C22H26N2O4/c1-15(2)13-19(25)24-20(17-8-4-3-5-9-17)21(26)23-12-11-16-7-6-10-18(14-16)22(27)28/h3-10,14-15,20H,11-13H2,1-2H3,(H,23,26)(H,24,25)(H,27,28). The molecule has 0 heterocycles. The van der Waals surface area contributed by atoms with Crippen LogP contribution in [-0.2, 0) is 16.0 Å². The van der Waals surface area contributed by atoms with Crippen LogP contribution >= 0.6 is 0 Å². The first-order valence-corrected chi connectivity index (χ1v) is 9.31. The fourth-order valence-corrected chi connectivity index (χ4v) is 2.83. The van der Waals surface area contributed by atoms with Crippen LogP contribution in [0.2, 0.25) is 0 Å². The summed E-state index contributed by atoms with van der Waals surface area (Å²) in [6, 6.07) is 14.9. The molecule has 6 heteroatoms. The summed E-state index contributed by atoms with van der Waals surface area (Å²) in [6.07, 6.45) is 0.840. The summed E-state index contributed by atoms with van der Waals surface area (Å²) in [5, 5.41) is 14.7. The smallest absolute Gasteiger partial charge is 0.335 e. The van der Waals surface area contributed by atoms with Crippen LogP contribution in [0.4, 0.5) is 0 Å². The summed E-state index contributed by atoms with van der Waals surface area (Å²) >= 11 is 0. The number of nitrogens with one attached hydrogen (secondary N) is 2. The van der Waals surface area contributed by atoms with Gasteiger partial charge in [0.2, 0.25) is 11.8 Å². The molecule has 0 spiro atoms. The summed E-state index contributed by atoms with van der Waals surface area (Å²) in [5.74, 6) is -1.25. The van der Waals surface area contributed by atoms with Crippen molar-refractivity contribution in [3.05, 3.63) is 71.3 Å². The van der Waals surface area contributed by atoms with Crippen molar-refractivity contribution in [2.24, 2.45) is 5.92 Å². The van der Waals surface area contributed by atoms with Crippen LogP contribution in [0.15, 0.2) is 54.6 Å². The number of amides is 2. The largest absolute Gasteiger partial charge is 0.478 e. The van der Waals surface area contributed by atoms with Crippen LogP contribution in [0, 0.1) is 5.92 Å². The normalized spacial score (nSPS) is 11.7. The molecule has 0 saturated carbocycles. The molecule has 2 amide bonds. The Labute approximate surface area is 165 Å². The Morgan fingerprint density at radius 1 is 1.00 bits per heavy atom. The Morgan fingerprint density at radius 3 is 2.36 bits per heavy atom. The van der Waals surface area contributed by atoms with Gasteiger partial charge in [0, 0.05) is 13.0 Å². The third kappa shape index (κ3) is 6.54. The first-order valence-electron chi connectivity index (χ1n) is 9.31. The summed E-state index contributed by atoms with van der Waals surface area (Å²) in [5.41, 5.74) is 1.75. The monoisotopic (exact) mass is 382 g/mol. The lowest BCUT2D eigenvalue weighted by molar-refractivity contribution is -0.129. The van der Waals surface area contributed by atoms with Crippen LogP contribution in [0.3, 0.4) is 0 Å². The maximum absolute atomic E-state index is 12.7. The van der Waals surface area contributed by atoms with E-state index in [9.17, 15) is 14.4 Å². The topological polar surface area (TPSA) is 95.5 Å². The summed E-state index contributed by atoms with van der Waals surface area (Å²) in [4.78, 5) is 36.0. The van der Waals surface area contributed by atoms with Gasteiger partial charge in [0.05, 0.1) is 5.56 Å². The molecule has 2 rings (SSSR count). The van der Waals surface area contributed by atoms with Crippen molar-refractivity contribution in [2.45, 2.75) is 32.7 Å². The number of carbonyl (C=O) groups is 3. The third-order valence-electron chi connectivity index (χ3n) is 4.18. The minimum atomic E-state index is -0.983. The number of hydrogen-bond donors (Lipinski definition) is 3. The Hall–Kier alpha value is -3.15. The number of carbonyl (C=O) groups excluding carboxylic acids is 2. The maximum atomic E-state index is 12.7. The van der Waals surface area contributed by atoms with Crippen molar-refractivity contribution in [2.75, 3.05) is 6.54 Å². The van der Waals surface area contributed by atoms with Gasteiger partial charge in [0.15, 0.2) is 0 Å². The molecule has 2 aromatic rings. The van der Waals surface area contributed by atoms with E-state index in [1.165, 1.54) is 6.07 Å². The highest BCUT2D eigenvalue weighted by Gasteiger charge is 2.22. The lowest BCUT2D eigenvalue weighted by atomic mass is 10.0. The predicted octanol–water partition coefficient (Wildman–Crippen LogP) is 2.95. The number of aromatic carboxylic acids is 1. The average molecular weight is 382 g/mol. The summed E-state index contributed by atoms with van der Waals surface area (Å²) in [6.45, 7) is 4.23. The second-order valence-electron chi connectivity index (χ2n) is 7.06. The van der Waals surface area contributed by atoms with Crippen molar-refractivity contribution >= 4 is 17.8 Å². The zero-order chi connectivity index (χ0) is 20.5. The van der Waals surface area contributed by atoms with Gasteiger partial charge in [-0.15, -0.1) is 0 Å². The Bertz CT molecular complexity index is 818. The zero-order valence-corrected chi connectivity index (χ0v) is 16.1. The second kappa shape index (κ2) is 10.3. The van der Waals surface area contributed by atoms with Crippen LogP contribution < -0.4 is 10.6 Å². The summed E-state index contributed by atoms with van der Waals surface area (Å²) in [7, 11) is 0. The fourth-order valence-electron chi connectivity index (χ4n) is 2.83. The van der Waals surface area contributed by atoms with Gasteiger partial charge < -0.3 is 15.7 Å². The Morgan fingerprint density at radius 2 is 1.71 bits per heavy atom. The second-order valence-corrected chi connectivity index (χ2v) is 7.06. The van der Waals surface area contributed by atoms with Gasteiger partial charge in [-0.3, -0.25) is 9.59 Å². The first kappa shape index (κ1) is 21.2. The van der Waals surface area contributed by atoms with E-state index >= 15 is 0 Å². The molecule has 2 aromatic carbocycles. The van der Waals surface area contributed by atoms with E-state index in [0.29, 0.717) is 24.9 Å². The molecule has 28 heavy (non-hydrogen) atoms. The fraction of sp³-hybridized carbons (Fsp3) is 0.318. The van der Waals surface area contributed by atoms with Gasteiger partial charge in [-0.1, -0.05) is 56.3 Å². The minimum Gasteiger partial charge on any atom is -0.478 e. The van der Waals surface area contributed by atoms with Crippen LogP contribution in [0.1, 0.15) is 47.8 Å². The molecule has 0 aromatic heterocycles. The maximum Gasteiger partial charge on any atom is 0.335 e. The highest BCUT2D eigenvalue weighted by atomic mass is 16.4. The molecular formula is C22H26N2O4. The molecule has 1 unspecified atom stereocenters. The van der Waals surface area contributed by atoms with Gasteiger partial charge in [0.1, 0.15) is 6.04 Å². The number of benzene rings is 2. The summed E-state index contributed by atoms with van der Waals surface area (Å²) < 4.78 is 0. The van der Waals surface area contributed by atoms with Gasteiger partial charge in [0.25, 0.3) is 0 Å². The molecule has 0 aliphatic heterocycles. The quantitative estimate of drug-likeness (QED) is 0.621. The molecular weight excluding hydrogens is 356 g/mol. The van der Waals surface area contributed by atoms with E-state index in [0.717, 1.165) is 5.56 Å². The molecule has 0 fully saturated rings. The van der Waals surface area contributed by atoms with Crippen molar-refractivity contribution in [1.82, 2.24) is 10.6 Å². The lowest BCUT2D eigenvalue weighted by Gasteiger charge is -2.19. The highest BCUT2D eigenvalue weighted by Crippen LogP contribution is 2.14. The van der Waals surface area contributed by atoms with E-state index in [4.69, 9.17) is 5.11 Å². The van der Waals surface area contributed by atoms with Crippen LogP contribution in [0.25, 0.3) is 0 Å². The lowest BCUT2D eigenvalue weighted by Crippen LogP contribution is -2.41. The van der Waals surface area contributed by atoms with Crippen LogP contribution in [0.5, 0.6) is 0 Å². The number of hydrogen-bond acceptors (Lipinski definition) is 3. The number of carboxylic acid groups (broad SMARTS) is 1. The number of carboxylic acids is 1. The van der Waals surface area contributed by atoms with Crippen LogP contribution in [-0.4, -0.2) is 29.4 Å². The van der Waals surface area contributed by atoms with E-state index in [1.54, 1.807) is 24.3 Å².